The van der Waals surface area contributed by atoms with Gasteiger partial charge in [0.15, 0.2) is 0 Å². The first-order valence-corrected chi connectivity index (χ1v) is 13.0. The van der Waals surface area contributed by atoms with Crippen LogP contribution in [0.15, 0.2) is 36.5 Å². The van der Waals surface area contributed by atoms with Crippen LogP contribution in [-0.2, 0) is 24.0 Å². The highest BCUT2D eigenvalue weighted by atomic mass is 19.4. The largest absolute Gasteiger partial charge is 0.481 e. The number of aliphatic hydroxyl groups is 1. The van der Waals surface area contributed by atoms with E-state index in [1.165, 1.54) is 25.3 Å². The summed E-state index contributed by atoms with van der Waals surface area (Å²) in [5.41, 5.74) is -2.15. The highest BCUT2D eigenvalue weighted by Gasteiger charge is 2.60. The molecule has 13 heteroatoms. The lowest BCUT2D eigenvalue weighted by Gasteiger charge is -2.22. The first-order valence-electron chi connectivity index (χ1n) is 13.0. The first kappa shape index (κ1) is 29.6. The molecule has 42 heavy (non-hydrogen) atoms. The maximum absolute atomic E-state index is 14.9. The molecule has 0 amide bonds. The van der Waals surface area contributed by atoms with E-state index in [1.807, 2.05) is 0 Å². The molecule has 2 aromatic heterocycles. The highest BCUT2D eigenvalue weighted by molar-refractivity contribution is 5.77. The molecule has 1 unspecified atom stereocenters. The SMILES string of the molecule is Cc1nc(OCCC(C)(O)C(F)F)ccc1-c1cc(COc2cc3c(cn2)[C@H]2[C@@H](C3)[C@@H]2C(=O)O)c(F)cc1C(F)(F)F. The second-order valence-electron chi connectivity index (χ2n) is 10.8. The van der Waals surface area contributed by atoms with Gasteiger partial charge in [-0.15, -0.1) is 0 Å². The lowest BCUT2D eigenvalue weighted by Crippen LogP contribution is -2.35. The molecular formula is C29H26F6N2O5. The van der Waals surface area contributed by atoms with Gasteiger partial charge in [-0.25, -0.2) is 23.1 Å². The second-order valence-corrected chi connectivity index (χ2v) is 10.8. The number of carbonyl (C=O) groups is 1. The maximum atomic E-state index is 14.9. The van der Waals surface area contributed by atoms with Crippen LogP contribution in [0.2, 0.25) is 0 Å². The monoisotopic (exact) mass is 596 g/mol. The Morgan fingerprint density at radius 3 is 2.50 bits per heavy atom. The Hall–Kier alpha value is -3.87. The molecule has 2 heterocycles. The first-order chi connectivity index (χ1) is 19.7. The summed E-state index contributed by atoms with van der Waals surface area (Å²) in [4.78, 5) is 19.6. The topological polar surface area (TPSA) is 102 Å². The zero-order chi connectivity index (χ0) is 30.6. The Labute approximate surface area is 236 Å². The summed E-state index contributed by atoms with van der Waals surface area (Å²) >= 11 is 0. The molecular weight excluding hydrogens is 570 g/mol. The van der Waals surface area contributed by atoms with Crippen LogP contribution in [0.4, 0.5) is 26.3 Å². The number of nitrogens with zero attached hydrogens (tertiary/aromatic N) is 2. The number of aliphatic carboxylic acids is 1. The number of pyridine rings is 2. The molecule has 224 valence electrons. The lowest BCUT2D eigenvalue weighted by molar-refractivity contribution is -0.139. The van der Waals surface area contributed by atoms with Crippen molar-refractivity contribution >= 4 is 5.97 Å². The third-order valence-corrected chi connectivity index (χ3v) is 7.81. The fourth-order valence-corrected chi connectivity index (χ4v) is 5.40. The molecule has 7 nitrogen and oxygen atoms in total. The van der Waals surface area contributed by atoms with Crippen molar-refractivity contribution < 1.29 is 50.8 Å². The molecule has 5 rings (SSSR count). The number of benzene rings is 1. The van der Waals surface area contributed by atoms with Crippen molar-refractivity contribution in [1.82, 2.24) is 9.97 Å². The number of hydrogen-bond donors (Lipinski definition) is 2. The summed E-state index contributed by atoms with van der Waals surface area (Å²) in [6.07, 6.45) is -6.22. The van der Waals surface area contributed by atoms with E-state index < -0.39 is 54.5 Å². The Bertz CT molecular complexity index is 1530. The number of fused-ring (bicyclic) bond motifs is 3. The molecule has 0 aliphatic heterocycles. The molecule has 3 aromatic rings. The number of rotatable bonds is 10. The van der Waals surface area contributed by atoms with Gasteiger partial charge in [0.2, 0.25) is 11.8 Å². The van der Waals surface area contributed by atoms with E-state index >= 15 is 0 Å². The van der Waals surface area contributed by atoms with E-state index in [4.69, 9.17) is 9.47 Å². The molecule has 0 radical (unpaired) electrons. The smallest absolute Gasteiger partial charge is 0.417 e. The van der Waals surface area contributed by atoms with Crippen LogP contribution in [0, 0.1) is 24.6 Å². The third-order valence-electron chi connectivity index (χ3n) is 7.81. The van der Waals surface area contributed by atoms with E-state index in [0.717, 1.165) is 24.1 Å². The summed E-state index contributed by atoms with van der Waals surface area (Å²) in [6.45, 7) is 1.64. The Morgan fingerprint density at radius 1 is 1.12 bits per heavy atom. The normalized spacial score (nSPS) is 20.6. The summed E-state index contributed by atoms with van der Waals surface area (Å²) < 4.78 is 93.2. The van der Waals surface area contributed by atoms with Gasteiger partial charge in [0.1, 0.15) is 18.0 Å². The van der Waals surface area contributed by atoms with Gasteiger partial charge in [-0.2, -0.15) is 13.2 Å². The zero-order valence-corrected chi connectivity index (χ0v) is 22.4. The number of carboxylic acid groups (broad SMARTS) is 1. The van der Waals surface area contributed by atoms with Crippen molar-refractivity contribution in [3.8, 4) is 22.9 Å². The van der Waals surface area contributed by atoms with Crippen molar-refractivity contribution in [2.75, 3.05) is 6.61 Å². The number of hydrogen-bond acceptors (Lipinski definition) is 6. The number of ether oxygens (including phenoxy) is 2. The molecule has 1 fully saturated rings. The number of halogens is 6. The summed E-state index contributed by atoms with van der Waals surface area (Å²) in [7, 11) is 0. The van der Waals surface area contributed by atoms with Gasteiger partial charge in [-0.3, -0.25) is 4.79 Å². The minimum Gasteiger partial charge on any atom is -0.481 e. The van der Waals surface area contributed by atoms with Crippen molar-refractivity contribution in [2.24, 2.45) is 11.8 Å². The van der Waals surface area contributed by atoms with E-state index in [9.17, 15) is 41.4 Å². The lowest BCUT2D eigenvalue weighted by atomic mass is 9.95. The molecule has 0 saturated heterocycles. The molecule has 2 N–H and O–H groups in total. The summed E-state index contributed by atoms with van der Waals surface area (Å²) in [5.74, 6) is -2.40. The Kier molecular flexibility index (Phi) is 7.58. The molecule has 0 bridgehead atoms. The van der Waals surface area contributed by atoms with Crippen LogP contribution in [0.25, 0.3) is 11.1 Å². The van der Waals surface area contributed by atoms with Crippen molar-refractivity contribution in [3.63, 3.8) is 0 Å². The van der Waals surface area contributed by atoms with Gasteiger partial charge < -0.3 is 19.7 Å². The predicted molar refractivity (Wildman–Crippen MR) is 136 cm³/mol. The summed E-state index contributed by atoms with van der Waals surface area (Å²) in [5, 5.41) is 18.9. The van der Waals surface area contributed by atoms with Crippen LogP contribution < -0.4 is 9.47 Å². The highest BCUT2D eigenvalue weighted by Crippen LogP contribution is 2.61. The predicted octanol–water partition coefficient (Wildman–Crippen LogP) is 5.94. The van der Waals surface area contributed by atoms with E-state index in [-0.39, 0.29) is 52.6 Å². The summed E-state index contributed by atoms with van der Waals surface area (Å²) in [6, 6.07) is 5.61. The fourth-order valence-electron chi connectivity index (χ4n) is 5.40. The number of carboxylic acids is 1. The molecule has 2 aliphatic rings. The fraction of sp³-hybridized carbons (Fsp3) is 0.414. The molecule has 0 spiro atoms. The molecule has 2 aliphatic carbocycles. The quantitative estimate of drug-likeness (QED) is 0.279. The van der Waals surface area contributed by atoms with Crippen LogP contribution in [0.3, 0.4) is 0 Å². The van der Waals surface area contributed by atoms with Crippen molar-refractivity contribution in [3.05, 3.63) is 70.3 Å². The van der Waals surface area contributed by atoms with Gasteiger partial charge in [-0.1, -0.05) is 0 Å². The van der Waals surface area contributed by atoms with Crippen LogP contribution in [-0.4, -0.2) is 44.8 Å². The number of alkyl halides is 5. The zero-order valence-electron chi connectivity index (χ0n) is 22.4. The van der Waals surface area contributed by atoms with E-state index in [2.05, 4.69) is 9.97 Å². The van der Waals surface area contributed by atoms with Gasteiger partial charge >= 0.3 is 12.1 Å². The number of aromatic nitrogens is 2. The van der Waals surface area contributed by atoms with Crippen LogP contribution in [0.5, 0.6) is 11.8 Å². The molecule has 1 saturated carbocycles. The maximum Gasteiger partial charge on any atom is 0.417 e. The average molecular weight is 597 g/mol. The Balaban J connectivity index is 1.35. The van der Waals surface area contributed by atoms with Gasteiger partial charge in [0.05, 0.1) is 18.1 Å². The van der Waals surface area contributed by atoms with E-state index in [0.29, 0.717) is 12.5 Å². The van der Waals surface area contributed by atoms with Crippen molar-refractivity contribution in [1.29, 1.82) is 0 Å². The molecule has 1 aromatic carbocycles. The molecule has 4 atom stereocenters. The van der Waals surface area contributed by atoms with Gasteiger partial charge in [0, 0.05) is 47.5 Å². The average Bonchev–Trinajstić information content (AvgIpc) is 3.49. The second kappa shape index (κ2) is 10.8. The standard InChI is InChI=1S/C29H26F6N2O5/c1-13-16(3-4-22(37-13)41-6-5-28(2,40)27(31)32)17-8-15(21(30)10-20(17)29(33,34)35)12-42-23-9-14-7-18-24(19(14)11-36-23)25(18)26(38)39/h3-4,8-11,18,24-25,27,40H,5-7,12H2,1-2H3,(H,38,39)/t18-,24-,25+,28?/m1/s1. The van der Waals surface area contributed by atoms with Crippen molar-refractivity contribution in [2.45, 2.75) is 57.4 Å². The third kappa shape index (κ3) is 5.74. The van der Waals surface area contributed by atoms with Gasteiger partial charge in [0.25, 0.3) is 6.43 Å². The minimum absolute atomic E-state index is 0.00520. The minimum atomic E-state index is -4.89. The van der Waals surface area contributed by atoms with Gasteiger partial charge in [-0.05, 0) is 61.1 Å². The van der Waals surface area contributed by atoms with E-state index in [1.54, 1.807) is 6.07 Å². The number of aryl methyl sites for hydroxylation is 1. The van der Waals surface area contributed by atoms with Crippen LogP contribution >= 0.6 is 0 Å². The van der Waals surface area contributed by atoms with Crippen LogP contribution in [0.1, 0.15) is 47.2 Å². The Morgan fingerprint density at radius 2 is 1.86 bits per heavy atom.